The topological polar surface area (TPSA) is 34.9 Å². The smallest absolute Gasteiger partial charge is 0.139 e. The summed E-state index contributed by atoms with van der Waals surface area (Å²) in [6, 6.07) is 0. The van der Waals surface area contributed by atoms with E-state index < -0.39 is 0 Å². The summed E-state index contributed by atoms with van der Waals surface area (Å²) >= 11 is 0. The van der Waals surface area contributed by atoms with Gasteiger partial charge >= 0.3 is 0 Å². The maximum absolute atomic E-state index is 11.7. The minimum absolute atomic E-state index is 0.168. The molecule has 1 saturated carbocycles. The molecule has 14 heavy (non-hydrogen) atoms. The molecule has 0 radical (unpaired) electrons. The fourth-order valence-corrected chi connectivity index (χ4v) is 1.94. The van der Waals surface area contributed by atoms with Crippen LogP contribution >= 0.6 is 0 Å². The van der Waals surface area contributed by atoms with Crippen LogP contribution in [0.2, 0.25) is 0 Å². The molecule has 1 aromatic rings. The number of ketones is 1. The van der Waals surface area contributed by atoms with Crippen LogP contribution in [0.4, 0.5) is 0 Å². The molecular formula is C11H16N2O. The Kier molecular flexibility index (Phi) is 2.17. The van der Waals surface area contributed by atoms with E-state index in [4.69, 9.17) is 0 Å². The molecule has 76 valence electrons. The third kappa shape index (κ3) is 1.59. The van der Waals surface area contributed by atoms with Crippen molar-refractivity contribution in [3.8, 4) is 0 Å². The number of hydrogen-bond donors (Lipinski definition) is 0. The van der Waals surface area contributed by atoms with Gasteiger partial charge in [-0.05, 0) is 17.9 Å². The van der Waals surface area contributed by atoms with E-state index in [-0.39, 0.29) is 11.8 Å². The minimum atomic E-state index is 0.168. The molecule has 1 heterocycles. The molecule has 0 amide bonds. The van der Waals surface area contributed by atoms with Gasteiger partial charge in [0.05, 0.1) is 6.20 Å². The van der Waals surface area contributed by atoms with E-state index in [2.05, 4.69) is 5.10 Å². The molecule has 0 aliphatic heterocycles. The van der Waals surface area contributed by atoms with E-state index in [1.54, 1.807) is 4.68 Å². The highest BCUT2D eigenvalue weighted by Crippen LogP contribution is 2.48. The van der Waals surface area contributed by atoms with Crippen LogP contribution in [0, 0.1) is 11.8 Å². The fourth-order valence-electron chi connectivity index (χ4n) is 1.94. The van der Waals surface area contributed by atoms with Crippen molar-refractivity contribution in [2.75, 3.05) is 0 Å². The van der Waals surface area contributed by atoms with Crippen molar-refractivity contribution in [1.82, 2.24) is 9.78 Å². The second-order valence-electron chi connectivity index (χ2n) is 4.45. The lowest BCUT2D eigenvalue weighted by molar-refractivity contribution is -0.123. The second-order valence-corrected chi connectivity index (χ2v) is 4.45. The van der Waals surface area contributed by atoms with Crippen molar-refractivity contribution in [1.29, 1.82) is 0 Å². The highest BCUT2D eigenvalue weighted by Gasteiger charge is 2.44. The van der Waals surface area contributed by atoms with Crippen molar-refractivity contribution in [3.05, 3.63) is 18.0 Å². The van der Waals surface area contributed by atoms with Crippen LogP contribution in [0.15, 0.2) is 12.4 Å². The number of hydrogen-bond acceptors (Lipinski definition) is 2. The molecule has 1 fully saturated rings. The standard InChI is InChI=1S/C11H16N2O/c1-7(2)11(14)10-4-9(10)8-5-12-13(3)6-8/h5-7,9-10H,4H2,1-3H3. The van der Waals surface area contributed by atoms with E-state index >= 15 is 0 Å². The summed E-state index contributed by atoms with van der Waals surface area (Å²) in [5, 5.41) is 4.12. The normalized spacial score (nSPS) is 25.4. The first-order chi connectivity index (χ1) is 6.59. The van der Waals surface area contributed by atoms with Gasteiger partial charge < -0.3 is 0 Å². The summed E-state index contributed by atoms with van der Waals surface area (Å²) in [7, 11) is 1.91. The number of aromatic nitrogens is 2. The highest BCUT2D eigenvalue weighted by atomic mass is 16.1. The van der Waals surface area contributed by atoms with E-state index in [0.717, 1.165) is 6.42 Å². The van der Waals surface area contributed by atoms with Crippen LogP contribution in [0.3, 0.4) is 0 Å². The zero-order valence-electron chi connectivity index (χ0n) is 8.90. The molecule has 1 aliphatic rings. The number of nitrogens with zero attached hydrogens (tertiary/aromatic N) is 2. The average Bonchev–Trinajstić information content (AvgIpc) is 2.81. The monoisotopic (exact) mass is 192 g/mol. The zero-order valence-corrected chi connectivity index (χ0v) is 8.90. The summed E-state index contributed by atoms with van der Waals surface area (Å²) < 4.78 is 1.80. The molecule has 0 spiro atoms. The Morgan fingerprint density at radius 3 is 2.86 bits per heavy atom. The molecule has 1 aromatic heterocycles. The molecule has 2 unspecified atom stereocenters. The van der Waals surface area contributed by atoms with Crippen molar-refractivity contribution in [3.63, 3.8) is 0 Å². The average molecular weight is 192 g/mol. The first-order valence-corrected chi connectivity index (χ1v) is 5.12. The van der Waals surface area contributed by atoms with E-state index in [1.807, 2.05) is 33.3 Å². The first kappa shape index (κ1) is 9.44. The van der Waals surface area contributed by atoms with Crippen LogP contribution in [-0.2, 0) is 11.8 Å². The predicted molar refractivity (Wildman–Crippen MR) is 53.9 cm³/mol. The lowest BCUT2D eigenvalue weighted by Crippen LogP contribution is -2.09. The lowest BCUT2D eigenvalue weighted by atomic mass is 10.0. The maximum Gasteiger partial charge on any atom is 0.139 e. The molecule has 0 N–H and O–H groups in total. The van der Waals surface area contributed by atoms with Gasteiger partial charge in [-0.1, -0.05) is 13.8 Å². The van der Waals surface area contributed by atoms with Gasteiger partial charge in [0.25, 0.3) is 0 Å². The second kappa shape index (κ2) is 3.23. The molecule has 2 atom stereocenters. The van der Waals surface area contributed by atoms with Gasteiger partial charge in [0.2, 0.25) is 0 Å². The Labute approximate surface area is 84.1 Å². The lowest BCUT2D eigenvalue weighted by Gasteiger charge is -2.01. The third-order valence-corrected chi connectivity index (χ3v) is 2.88. The first-order valence-electron chi connectivity index (χ1n) is 5.12. The van der Waals surface area contributed by atoms with Gasteiger partial charge in [0.1, 0.15) is 5.78 Å². The molecule has 2 rings (SSSR count). The van der Waals surface area contributed by atoms with Gasteiger partial charge in [-0.25, -0.2) is 0 Å². The van der Waals surface area contributed by atoms with Gasteiger partial charge in [-0.15, -0.1) is 0 Å². The molecule has 3 heteroatoms. The third-order valence-electron chi connectivity index (χ3n) is 2.88. The number of carbonyl (C=O) groups excluding carboxylic acids is 1. The Morgan fingerprint density at radius 2 is 2.36 bits per heavy atom. The molecule has 1 aliphatic carbocycles. The van der Waals surface area contributed by atoms with Crippen LogP contribution in [-0.4, -0.2) is 15.6 Å². The number of aryl methyl sites for hydroxylation is 1. The Hall–Kier alpha value is -1.12. The van der Waals surface area contributed by atoms with Crippen molar-refractivity contribution in [2.24, 2.45) is 18.9 Å². The van der Waals surface area contributed by atoms with Crippen molar-refractivity contribution in [2.45, 2.75) is 26.2 Å². The predicted octanol–water partition coefficient (Wildman–Crippen LogP) is 1.75. The number of rotatable bonds is 3. The quantitative estimate of drug-likeness (QED) is 0.731. The highest BCUT2D eigenvalue weighted by molar-refractivity contribution is 5.86. The van der Waals surface area contributed by atoms with Gasteiger partial charge in [0.15, 0.2) is 0 Å². The molecular weight excluding hydrogens is 176 g/mol. The fraction of sp³-hybridized carbons (Fsp3) is 0.636. The summed E-state index contributed by atoms with van der Waals surface area (Å²) in [6.07, 6.45) is 4.90. The Balaban J connectivity index is 2.03. The summed E-state index contributed by atoms with van der Waals surface area (Å²) in [5.74, 6) is 1.28. The van der Waals surface area contributed by atoms with E-state index in [9.17, 15) is 4.79 Å². The molecule has 0 aromatic carbocycles. The SMILES string of the molecule is CC(C)C(=O)C1CC1c1cnn(C)c1. The van der Waals surface area contributed by atoms with E-state index in [0.29, 0.717) is 11.7 Å². The molecule has 3 nitrogen and oxygen atoms in total. The van der Waals surface area contributed by atoms with Gasteiger partial charge in [-0.2, -0.15) is 5.10 Å². The summed E-state index contributed by atoms with van der Waals surface area (Å²) in [6.45, 7) is 3.95. The summed E-state index contributed by atoms with van der Waals surface area (Å²) in [4.78, 5) is 11.7. The molecule has 0 bridgehead atoms. The largest absolute Gasteiger partial charge is 0.299 e. The molecule has 0 saturated heterocycles. The van der Waals surface area contributed by atoms with Gasteiger partial charge in [0, 0.05) is 25.1 Å². The van der Waals surface area contributed by atoms with Crippen LogP contribution in [0.5, 0.6) is 0 Å². The Bertz CT molecular complexity index is 354. The summed E-state index contributed by atoms with van der Waals surface area (Å²) in [5.41, 5.74) is 1.21. The maximum atomic E-state index is 11.7. The number of Topliss-reactive ketones (excluding diaryl/α,β-unsaturated/α-hetero) is 1. The van der Waals surface area contributed by atoms with Crippen LogP contribution in [0.25, 0.3) is 0 Å². The Morgan fingerprint density at radius 1 is 1.64 bits per heavy atom. The van der Waals surface area contributed by atoms with Crippen molar-refractivity contribution >= 4 is 5.78 Å². The number of carbonyl (C=O) groups is 1. The van der Waals surface area contributed by atoms with Crippen LogP contribution < -0.4 is 0 Å². The zero-order chi connectivity index (χ0) is 10.3. The van der Waals surface area contributed by atoms with E-state index in [1.165, 1.54) is 5.56 Å². The minimum Gasteiger partial charge on any atom is -0.299 e. The van der Waals surface area contributed by atoms with Crippen LogP contribution in [0.1, 0.15) is 31.7 Å². The van der Waals surface area contributed by atoms with Crippen molar-refractivity contribution < 1.29 is 4.79 Å². The van der Waals surface area contributed by atoms with Gasteiger partial charge in [-0.3, -0.25) is 9.48 Å².